The highest BCUT2D eigenvalue weighted by molar-refractivity contribution is 5.84. The molecule has 0 unspecified atom stereocenters. The maximum absolute atomic E-state index is 11.2. The molecule has 0 aliphatic carbocycles. The van der Waals surface area contributed by atoms with Crippen LogP contribution in [0.25, 0.3) is 11.0 Å². The molecule has 2 aromatic rings. The van der Waals surface area contributed by atoms with E-state index >= 15 is 0 Å². The summed E-state index contributed by atoms with van der Waals surface area (Å²) in [7, 11) is 0. The lowest BCUT2D eigenvalue weighted by Crippen LogP contribution is -2.34. The molecule has 0 bridgehead atoms. The molecule has 7 nitrogen and oxygen atoms in total. The lowest BCUT2D eigenvalue weighted by molar-refractivity contribution is -0.136. The first-order valence-electron chi connectivity index (χ1n) is 5.68. The zero-order valence-electron chi connectivity index (χ0n) is 10.3. The van der Waals surface area contributed by atoms with E-state index in [2.05, 4.69) is 0 Å². The van der Waals surface area contributed by atoms with Crippen LogP contribution in [0.2, 0.25) is 0 Å². The van der Waals surface area contributed by atoms with Crippen LogP contribution in [0.4, 0.5) is 5.69 Å². The van der Waals surface area contributed by atoms with Crippen LogP contribution < -0.4 is 10.5 Å². The van der Waals surface area contributed by atoms with Gasteiger partial charge in [-0.05, 0) is 18.2 Å². The molecule has 20 heavy (non-hydrogen) atoms. The Morgan fingerprint density at radius 2 is 1.65 bits per heavy atom. The third-order valence-corrected chi connectivity index (χ3v) is 2.62. The highest BCUT2D eigenvalue weighted by atomic mass is 16.4. The molecule has 0 saturated carbocycles. The summed E-state index contributed by atoms with van der Waals surface area (Å²) in [5.41, 5.74) is 0.102. The van der Waals surface area contributed by atoms with Crippen molar-refractivity contribution in [2.24, 2.45) is 0 Å². The fourth-order valence-corrected chi connectivity index (χ4v) is 1.81. The Hall–Kier alpha value is -2.83. The molecular weight excluding hydrogens is 266 g/mol. The molecular formula is C13H11NO6. The third kappa shape index (κ3) is 3.14. The summed E-state index contributed by atoms with van der Waals surface area (Å²) in [4.78, 5) is 33.9. The minimum absolute atomic E-state index is 0.274. The molecule has 0 amide bonds. The van der Waals surface area contributed by atoms with Crippen molar-refractivity contribution in [1.82, 2.24) is 0 Å². The monoisotopic (exact) mass is 277 g/mol. The summed E-state index contributed by atoms with van der Waals surface area (Å²) in [5, 5.41) is 18.3. The van der Waals surface area contributed by atoms with Gasteiger partial charge < -0.3 is 19.5 Å². The molecule has 0 spiro atoms. The number of aliphatic carboxylic acids is 2. The largest absolute Gasteiger partial charge is 0.480 e. The Kier molecular flexibility index (Phi) is 3.69. The van der Waals surface area contributed by atoms with Crippen LogP contribution in [-0.2, 0) is 9.59 Å². The first kappa shape index (κ1) is 13.6. The Labute approximate surface area is 112 Å². The number of carboxylic acid groups (broad SMARTS) is 2. The van der Waals surface area contributed by atoms with Crippen LogP contribution in [0.5, 0.6) is 0 Å². The van der Waals surface area contributed by atoms with Crippen LogP contribution in [0.3, 0.4) is 0 Å². The summed E-state index contributed by atoms with van der Waals surface area (Å²) in [5.74, 6) is -2.30. The van der Waals surface area contributed by atoms with Crippen LogP contribution >= 0.6 is 0 Å². The molecule has 7 heteroatoms. The highest BCUT2D eigenvalue weighted by Gasteiger charge is 2.15. The average molecular weight is 277 g/mol. The van der Waals surface area contributed by atoms with Gasteiger partial charge in [0.15, 0.2) is 0 Å². The fourth-order valence-electron chi connectivity index (χ4n) is 1.81. The summed E-state index contributed by atoms with van der Waals surface area (Å²) >= 11 is 0. The van der Waals surface area contributed by atoms with Crippen molar-refractivity contribution in [3.63, 3.8) is 0 Å². The Morgan fingerprint density at radius 3 is 2.25 bits per heavy atom. The van der Waals surface area contributed by atoms with Crippen molar-refractivity contribution in [1.29, 1.82) is 0 Å². The summed E-state index contributed by atoms with van der Waals surface area (Å²) in [6.07, 6.45) is 0. The van der Waals surface area contributed by atoms with E-state index in [0.717, 1.165) is 4.90 Å². The molecule has 0 fully saturated rings. The lowest BCUT2D eigenvalue weighted by atomic mass is 10.2. The van der Waals surface area contributed by atoms with Gasteiger partial charge in [-0.3, -0.25) is 9.59 Å². The number of hydrogen-bond donors (Lipinski definition) is 2. The van der Waals surface area contributed by atoms with E-state index in [1.54, 1.807) is 18.2 Å². The number of hydrogen-bond acceptors (Lipinski definition) is 5. The van der Waals surface area contributed by atoms with E-state index in [-0.39, 0.29) is 5.58 Å². The SMILES string of the molecule is O=C(O)CN(CC(=O)O)c1ccc2ccc(=O)oc2c1. The minimum atomic E-state index is -1.15. The van der Waals surface area contributed by atoms with Gasteiger partial charge in [0.25, 0.3) is 0 Å². The number of rotatable bonds is 5. The zero-order chi connectivity index (χ0) is 14.7. The first-order valence-corrected chi connectivity index (χ1v) is 5.68. The molecule has 0 radical (unpaired) electrons. The number of anilines is 1. The van der Waals surface area contributed by atoms with Gasteiger partial charge in [0.1, 0.15) is 18.7 Å². The number of benzene rings is 1. The second-order valence-electron chi connectivity index (χ2n) is 4.12. The predicted octanol–water partition coefficient (Wildman–Crippen LogP) is 0.769. The molecule has 0 saturated heterocycles. The van der Waals surface area contributed by atoms with Crippen molar-refractivity contribution in [3.8, 4) is 0 Å². The third-order valence-electron chi connectivity index (χ3n) is 2.62. The molecule has 1 aromatic carbocycles. The predicted molar refractivity (Wildman–Crippen MR) is 70.0 cm³/mol. The van der Waals surface area contributed by atoms with Gasteiger partial charge >= 0.3 is 17.6 Å². The van der Waals surface area contributed by atoms with Gasteiger partial charge in [0.05, 0.1) is 0 Å². The quantitative estimate of drug-likeness (QED) is 0.777. The smallest absolute Gasteiger partial charge is 0.336 e. The van der Waals surface area contributed by atoms with Crippen molar-refractivity contribution in [2.45, 2.75) is 0 Å². The van der Waals surface area contributed by atoms with E-state index in [1.165, 1.54) is 12.1 Å². The average Bonchev–Trinajstić information content (AvgIpc) is 2.36. The van der Waals surface area contributed by atoms with Gasteiger partial charge in [0.2, 0.25) is 0 Å². The van der Waals surface area contributed by atoms with Crippen molar-refractivity contribution in [2.75, 3.05) is 18.0 Å². The fraction of sp³-hybridized carbons (Fsp3) is 0.154. The molecule has 0 aliphatic rings. The maximum Gasteiger partial charge on any atom is 0.336 e. The van der Waals surface area contributed by atoms with E-state index in [4.69, 9.17) is 14.6 Å². The maximum atomic E-state index is 11.2. The van der Waals surface area contributed by atoms with E-state index in [1.807, 2.05) is 0 Å². The molecule has 1 heterocycles. The molecule has 104 valence electrons. The Morgan fingerprint density at radius 1 is 1.05 bits per heavy atom. The van der Waals surface area contributed by atoms with Gasteiger partial charge in [-0.25, -0.2) is 4.79 Å². The second kappa shape index (κ2) is 5.43. The van der Waals surface area contributed by atoms with Crippen LogP contribution in [0.1, 0.15) is 0 Å². The molecule has 0 atom stereocenters. The number of fused-ring (bicyclic) bond motifs is 1. The van der Waals surface area contributed by atoms with Crippen LogP contribution in [-0.4, -0.2) is 35.2 Å². The number of nitrogens with zero attached hydrogens (tertiary/aromatic N) is 1. The highest BCUT2D eigenvalue weighted by Crippen LogP contribution is 2.21. The molecule has 2 N–H and O–H groups in total. The topological polar surface area (TPSA) is 108 Å². The zero-order valence-corrected chi connectivity index (χ0v) is 10.3. The van der Waals surface area contributed by atoms with Crippen LogP contribution in [0, 0.1) is 0 Å². The number of carboxylic acids is 2. The Bertz CT molecular complexity index is 704. The van der Waals surface area contributed by atoms with Crippen LogP contribution in [0.15, 0.2) is 39.5 Å². The van der Waals surface area contributed by atoms with E-state index < -0.39 is 30.7 Å². The van der Waals surface area contributed by atoms with Gasteiger partial charge in [-0.1, -0.05) is 0 Å². The second-order valence-corrected chi connectivity index (χ2v) is 4.12. The standard InChI is InChI=1S/C13H11NO6/c15-11(16)6-14(7-12(17)18)9-3-1-8-2-4-13(19)20-10(8)5-9/h1-5H,6-7H2,(H,15,16)(H,17,18). The summed E-state index contributed by atoms with van der Waals surface area (Å²) in [6, 6.07) is 7.50. The van der Waals surface area contributed by atoms with Crippen molar-refractivity contribution >= 4 is 28.6 Å². The van der Waals surface area contributed by atoms with E-state index in [0.29, 0.717) is 11.1 Å². The van der Waals surface area contributed by atoms with Gasteiger partial charge in [0, 0.05) is 23.2 Å². The summed E-state index contributed by atoms with van der Waals surface area (Å²) in [6.45, 7) is -0.927. The van der Waals surface area contributed by atoms with Gasteiger partial charge in [-0.15, -0.1) is 0 Å². The lowest BCUT2D eigenvalue weighted by Gasteiger charge is -2.20. The molecule has 0 aliphatic heterocycles. The molecule has 2 rings (SSSR count). The van der Waals surface area contributed by atoms with Gasteiger partial charge in [-0.2, -0.15) is 0 Å². The summed E-state index contributed by atoms with van der Waals surface area (Å²) < 4.78 is 4.99. The minimum Gasteiger partial charge on any atom is -0.480 e. The normalized spacial score (nSPS) is 10.4. The first-order chi connectivity index (χ1) is 9.45. The van der Waals surface area contributed by atoms with Crippen molar-refractivity contribution in [3.05, 3.63) is 40.8 Å². The number of carbonyl (C=O) groups is 2. The van der Waals surface area contributed by atoms with Crippen molar-refractivity contribution < 1.29 is 24.2 Å². The molecule has 1 aromatic heterocycles. The Balaban J connectivity index is 2.43. The van der Waals surface area contributed by atoms with E-state index in [9.17, 15) is 14.4 Å².